The molecule has 0 bridgehead atoms. The predicted octanol–water partition coefficient (Wildman–Crippen LogP) is 2.12. The fourth-order valence-electron chi connectivity index (χ4n) is 1.14. The SMILES string of the molecule is C=Cn1c(C(C)=NC)nc(C)cc1=O.CC. The Balaban J connectivity index is 0.00000106. The minimum Gasteiger partial charge on any atom is -0.290 e. The second-order valence-electron chi connectivity index (χ2n) is 2.92. The first-order valence-electron chi connectivity index (χ1n) is 5.26. The summed E-state index contributed by atoms with van der Waals surface area (Å²) in [6.07, 6.45) is 1.44. The summed E-state index contributed by atoms with van der Waals surface area (Å²) in [5, 5.41) is 0. The van der Waals surface area contributed by atoms with Gasteiger partial charge in [-0.1, -0.05) is 20.4 Å². The van der Waals surface area contributed by atoms with Crippen molar-refractivity contribution in [3.05, 3.63) is 34.5 Å². The van der Waals surface area contributed by atoms with E-state index in [4.69, 9.17) is 0 Å². The van der Waals surface area contributed by atoms with Crippen LogP contribution in [0.4, 0.5) is 0 Å². The molecule has 4 heteroatoms. The monoisotopic (exact) mass is 221 g/mol. The topological polar surface area (TPSA) is 47.2 Å². The molecule has 0 radical (unpaired) electrons. The maximum Gasteiger partial charge on any atom is 0.258 e. The summed E-state index contributed by atoms with van der Waals surface area (Å²) in [7, 11) is 1.66. The number of aryl methyl sites for hydroxylation is 1. The van der Waals surface area contributed by atoms with Crippen molar-refractivity contribution < 1.29 is 0 Å². The second kappa shape index (κ2) is 6.71. The van der Waals surface area contributed by atoms with Crippen LogP contribution in [0.3, 0.4) is 0 Å². The van der Waals surface area contributed by atoms with E-state index in [9.17, 15) is 4.79 Å². The zero-order valence-electron chi connectivity index (χ0n) is 10.6. The van der Waals surface area contributed by atoms with Gasteiger partial charge >= 0.3 is 0 Å². The molecule has 88 valence electrons. The molecule has 0 aliphatic carbocycles. The van der Waals surface area contributed by atoms with Gasteiger partial charge in [0.25, 0.3) is 5.56 Å². The third kappa shape index (κ3) is 3.15. The number of aliphatic imine (C=N–C) groups is 1. The van der Waals surface area contributed by atoms with Crippen molar-refractivity contribution in [2.24, 2.45) is 4.99 Å². The summed E-state index contributed by atoms with van der Waals surface area (Å²) < 4.78 is 1.38. The molecule has 16 heavy (non-hydrogen) atoms. The van der Waals surface area contributed by atoms with Crippen LogP contribution in [0.2, 0.25) is 0 Å². The van der Waals surface area contributed by atoms with E-state index >= 15 is 0 Å². The van der Waals surface area contributed by atoms with Crippen molar-refractivity contribution in [2.45, 2.75) is 27.7 Å². The summed E-state index contributed by atoms with van der Waals surface area (Å²) >= 11 is 0. The second-order valence-corrected chi connectivity index (χ2v) is 2.92. The number of nitrogens with zero attached hydrogens (tertiary/aromatic N) is 3. The van der Waals surface area contributed by atoms with Gasteiger partial charge in [-0.05, 0) is 13.8 Å². The molecule has 1 aromatic rings. The molecule has 0 amide bonds. The van der Waals surface area contributed by atoms with Crippen molar-refractivity contribution in [2.75, 3.05) is 7.05 Å². The minimum atomic E-state index is -0.134. The Morgan fingerprint density at radius 2 is 2.12 bits per heavy atom. The maximum absolute atomic E-state index is 11.5. The van der Waals surface area contributed by atoms with Crippen LogP contribution >= 0.6 is 0 Å². The zero-order valence-corrected chi connectivity index (χ0v) is 10.6. The van der Waals surface area contributed by atoms with Gasteiger partial charge in [0.1, 0.15) is 0 Å². The number of hydrogen-bond acceptors (Lipinski definition) is 3. The molecule has 0 aliphatic rings. The Morgan fingerprint density at radius 3 is 2.56 bits per heavy atom. The van der Waals surface area contributed by atoms with Gasteiger partial charge in [0.2, 0.25) is 0 Å². The Bertz CT molecular complexity index is 444. The van der Waals surface area contributed by atoms with E-state index in [2.05, 4.69) is 16.6 Å². The first kappa shape index (κ1) is 14.3. The highest BCUT2D eigenvalue weighted by atomic mass is 16.1. The average Bonchev–Trinajstić information content (AvgIpc) is 2.29. The van der Waals surface area contributed by atoms with Gasteiger partial charge in [0.05, 0.1) is 5.71 Å². The molecule has 0 N–H and O–H groups in total. The van der Waals surface area contributed by atoms with Gasteiger partial charge in [0.15, 0.2) is 5.82 Å². The highest BCUT2D eigenvalue weighted by Gasteiger charge is 2.06. The third-order valence-corrected chi connectivity index (χ3v) is 1.92. The predicted molar refractivity (Wildman–Crippen MR) is 69.1 cm³/mol. The van der Waals surface area contributed by atoms with E-state index < -0.39 is 0 Å². The lowest BCUT2D eigenvalue weighted by Gasteiger charge is -2.06. The van der Waals surface area contributed by atoms with E-state index in [-0.39, 0.29) is 5.56 Å². The zero-order chi connectivity index (χ0) is 12.7. The molecule has 0 aromatic carbocycles. The third-order valence-electron chi connectivity index (χ3n) is 1.92. The van der Waals surface area contributed by atoms with Gasteiger partial charge in [-0.2, -0.15) is 0 Å². The van der Waals surface area contributed by atoms with E-state index in [0.29, 0.717) is 17.2 Å². The molecular formula is C12H19N3O. The summed E-state index contributed by atoms with van der Waals surface area (Å²) in [6, 6.07) is 1.47. The summed E-state index contributed by atoms with van der Waals surface area (Å²) in [4.78, 5) is 19.7. The Labute approximate surface area is 96.4 Å². The summed E-state index contributed by atoms with van der Waals surface area (Å²) in [5.41, 5.74) is 1.27. The summed E-state index contributed by atoms with van der Waals surface area (Å²) in [5.74, 6) is 0.549. The molecule has 0 atom stereocenters. The van der Waals surface area contributed by atoms with Crippen LogP contribution in [0.1, 0.15) is 32.3 Å². The minimum absolute atomic E-state index is 0.134. The fourth-order valence-corrected chi connectivity index (χ4v) is 1.14. The van der Waals surface area contributed by atoms with Crippen LogP contribution in [0, 0.1) is 6.92 Å². The Hall–Kier alpha value is -1.71. The average molecular weight is 221 g/mol. The first-order valence-corrected chi connectivity index (χ1v) is 5.26. The number of hydrogen-bond donors (Lipinski definition) is 0. The molecule has 0 spiro atoms. The van der Waals surface area contributed by atoms with Crippen molar-refractivity contribution in [1.82, 2.24) is 9.55 Å². The number of rotatable bonds is 2. The smallest absolute Gasteiger partial charge is 0.258 e. The Morgan fingerprint density at radius 1 is 1.56 bits per heavy atom. The van der Waals surface area contributed by atoms with Crippen LogP contribution < -0.4 is 5.56 Å². The van der Waals surface area contributed by atoms with E-state index in [1.54, 1.807) is 20.9 Å². The maximum atomic E-state index is 11.5. The van der Waals surface area contributed by atoms with E-state index in [1.165, 1.54) is 16.8 Å². The highest BCUT2D eigenvalue weighted by molar-refractivity contribution is 5.95. The van der Waals surface area contributed by atoms with Gasteiger partial charge in [-0.25, -0.2) is 4.98 Å². The van der Waals surface area contributed by atoms with Gasteiger partial charge < -0.3 is 0 Å². The van der Waals surface area contributed by atoms with E-state index in [0.717, 1.165) is 0 Å². The lowest BCUT2D eigenvalue weighted by atomic mass is 10.3. The quantitative estimate of drug-likeness (QED) is 0.718. The van der Waals surface area contributed by atoms with Crippen LogP contribution in [-0.2, 0) is 0 Å². The lowest BCUT2D eigenvalue weighted by Crippen LogP contribution is -2.23. The standard InChI is InChI=1S/C10H13N3O.C2H6/c1-5-13-9(14)6-7(2)12-10(13)8(3)11-4;1-2/h5-6H,1H2,2-4H3;1-2H3. The van der Waals surface area contributed by atoms with Crippen LogP contribution in [0.15, 0.2) is 22.4 Å². The lowest BCUT2D eigenvalue weighted by molar-refractivity contribution is 0.938. The van der Waals surface area contributed by atoms with E-state index in [1.807, 2.05) is 13.8 Å². The highest BCUT2D eigenvalue weighted by Crippen LogP contribution is 1.97. The molecule has 0 aliphatic heterocycles. The van der Waals surface area contributed by atoms with Crippen LogP contribution in [0.5, 0.6) is 0 Å². The van der Waals surface area contributed by atoms with Crippen molar-refractivity contribution in [3.8, 4) is 0 Å². The number of aromatic nitrogens is 2. The molecule has 0 fully saturated rings. The largest absolute Gasteiger partial charge is 0.290 e. The van der Waals surface area contributed by atoms with Crippen molar-refractivity contribution in [3.63, 3.8) is 0 Å². The molecule has 0 saturated heterocycles. The van der Waals surface area contributed by atoms with Crippen molar-refractivity contribution in [1.29, 1.82) is 0 Å². The molecule has 0 saturated carbocycles. The van der Waals surface area contributed by atoms with Gasteiger partial charge in [0, 0.05) is 25.0 Å². The Kier molecular flexibility index (Phi) is 6.00. The fraction of sp³-hybridized carbons (Fsp3) is 0.417. The summed E-state index contributed by atoms with van der Waals surface area (Å²) in [6.45, 7) is 11.2. The van der Waals surface area contributed by atoms with Crippen LogP contribution in [0.25, 0.3) is 6.20 Å². The molecule has 1 rings (SSSR count). The van der Waals surface area contributed by atoms with Crippen LogP contribution in [-0.4, -0.2) is 22.3 Å². The first-order chi connectivity index (χ1) is 7.60. The molecule has 0 unspecified atom stereocenters. The molecule has 1 heterocycles. The molecule has 4 nitrogen and oxygen atoms in total. The molecule has 1 aromatic heterocycles. The normalized spacial score (nSPS) is 10.4. The van der Waals surface area contributed by atoms with Gasteiger partial charge in [-0.15, -0.1) is 0 Å². The molecular weight excluding hydrogens is 202 g/mol. The van der Waals surface area contributed by atoms with Crippen molar-refractivity contribution >= 4 is 11.9 Å². The van der Waals surface area contributed by atoms with Gasteiger partial charge in [-0.3, -0.25) is 14.4 Å².